The van der Waals surface area contributed by atoms with Crippen molar-refractivity contribution in [1.29, 1.82) is 0 Å². The van der Waals surface area contributed by atoms with Gasteiger partial charge in [-0.1, -0.05) is 6.07 Å². The first-order valence-electron chi connectivity index (χ1n) is 8.01. The Hall–Kier alpha value is -1.39. The van der Waals surface area contributed by atoms with Gasteiger partial charge in [0.05, 0.1) is 31.1 Å². The van der Waals surface area contributed by atoms with Gasteiger partial charge in [0, 0.05) is 20.6 Å². The Bertz CT molecular complexity index is 625. The van der Waals surface area contributed by atoms with Gasteiger partial charge in [0.1, 0.15) is 19.6 Å². The smallest absolute Gasteiger partial charge is 0.265 e. The summed E-state index contributed by atoms with van der Waals surface area (Å²) in [5, 5.41) is 19.8. The van der Waals surface area contributed by atoms with Gasteiger partial charge >= 0.3 is 0 Å². The van der Waals surface area contributed by atoms with E-state index in [0.717, 1.165) is 0 Å². The Morgan fingerprint density at radius 2 is 1.64 bits per heavy atom. The molecular formula is C16H28NO7S+. The van der Waals surface area contributed by atoms with Gasteiger partial charge in [-0.2, -0.15) is 8.42 Å². The Kier molecular flexibility index (Phi) is 8.60. The molecule has 0 fully saturated rings. The fraction of sp³-hybridized carbons (Fsp3) is 0.625. The van der Waals surface area contributed by atoms with Gasteiger partial charge in [-0.05, 0) is 12.1 Å². The highest BCUT2D eigenvalue weighted by molar-refractivity contribution is 7.85. The normalized spacial score (nSPS) is 12.4. The molecule has 0 spiro atoms. The molecule has 0 aliphatic carbocycles. The summed E-state index contributed by atoms with van der Waals surface area (Å²) in [6.07, 6.45) is 0.256. The van der Waals surface area contributed by atoms with Crippen molar-refractivity contribution in [1.82, 2.24) is 0 Å². The van der Waals surface area contributed by atoms with E-state index in [9.17, 15) is 18.6 Å². The summed E-state index contributed by atoms with van der Waals surface area (Å²) in [5.41, 5.74) is 0.555. The van der Waals surface area contributed by atoms with E-state index in [4.69, 9.17) is 14.0 Å². The zero-order valence-electron chi connectivity index (χ0n) is 14.7. The van der Waals surface area contributed by atoms with Crippen LogP contribution in [0.3, 0.4) is 0 Å². The van der Waals surface area contributed by atoms with Crippen LogP contribution in [0.25, 0.3) is 0 Å². The Labute approximate surface area is 148 Å². The van der Waals surface area contributed by atoms with Crippen LogP contribution in [0.15, 0.2) is 18.2 Å². The van der Waals surface area contributed by atoms with E-state index in [0.29, 0.717) is 49.4 Å². The van der Waals surface area contributed by atoms with Crippen LogP contribution >= 0.6 is 0 Å². The molecule has 8 nitrogen and oxygen atoms in total. The molecular weight excluding hydrogens is 350 g/mol. The van der Waals surface area contributed by atoms with E-state index < -0.39 is 10.1 Å². The van der Waals surface area contributed by atoms with Crippen molar-refractivity contribution in [3.8, 4) is 11.5 Å². The van der Waals surface area contributed by atoms with E-state index in [2.05, 4.69) is 0 Å². The molecule has 0 saturated carbocycles. The van der Waals surface area contributed by atoms with Gasteiger partial charge in [0.2, 0.25) is 0 Å². The molecule has 0 unspecified atom stereocenters. The predicted molar refractivity (Wildman–Crippen MR) is 93.1 cm³/mol. The number of phenolic OH excluding ortho intramolecular Hbond substituents is 2. The lowest BCUT2D eigenvalue weighted by molar-refractivity contribution is -0.941. The molecule has 1 aromatic rings. The largest absolute Gasteiger partial charge is 0.504 e. The first kappa shape index (κ1) is 21.7. The van der Waals surface area contributed by atoms with E-state index in [1.807, 2.05) is 0 Å². The molecule has 0 saturated heterocycles. The van der Waals surface area contributed by atoms with Gasteiger partial charge in [0.15, 0.2) is 11.5 Å². The molecule has 25 heavy (non-hydrogen) atoms. The minimum Gasteiger partial charge on any atom is -0.504 e. The highest BCUT2D eigenvalue weighted by Crippen LogP contribution is 2.31. The van der Waals surface area contributed by atoms with Gasteiger partial charge in [-0.25, -0.2) is 0 Å². The molecule has 144 valence electrons. The average molecular weight is 378 g/mol. The summed E-state index contributed by atoms with van der Waals surface area (Å²) in [5.74, 6) is -0.722. The summed E-state index contributed by atoms with van der Waals surface area (Å²) in [6.45, 7) is 2.84. The maximum atomic E-state index is 11.0. The average Bonchev–Trinajstić information content (AvgIpc) is 2.54. The van der Waals surface area contributed by atoms with Crippen LogP contribution in [0.2, 0.25) is 0 Å². The monoisotopic (exact) mass is 378 g/mol. The quantitative estimate of drug-likeness (QED) is 0.282. The SMILES string of the molecule is COCC[N+](CCCS(=O)(=O)O)(CCOC)Cc1cccc(O)c1O. The number of hydrogen-bond acceptors (Lipinski definition) is 6. The fourth-order valence-electron chi connectivity index (χ4n) is 2.79. The maximum absolute atomic E-state index is 11.0. The van der Waals surface area contributed by atoms with Crippen molar-refractivity contribution in [2.75, 3.05) is 52.8 Å². The number of benzene rings is 1. The van der Waals surface area contributed by atoms with E-state index in [1.165, 1.54) is 6.07 Å². The highest BCUT2D eigenvalue weighted by Gasteiger charge is 2.29. The second-order valence-electron chi connectivity index (χ2n) is 6.08. The van der Waals surface area contributed by atoms with Crippen LogP contribution in [0, 0.1) is 0 Å². The number of rotatable bonds is 12. The Morgan fingerprint density at radius 3 is 2.16 bits per heavy atom. The van der Waals surface area contributed by atoms with Gasteiger partial charge < -0.3 is 24.2 Å². The molecule has 0 aliphatic rings. The minimum absolute atomic E-state index is 0.186. The molecule has 3 N–H and O–H groups in total. The first-order chi connectivity index (χ1) is 11.7. The number of hydrogen-bond donors (Lipinski definition) is 3. The molecule has 0 atom stereocenters. The third-order valence-electron chi connectivity index (χ3n) is 4.18. The molecule has 0 aromatic heterocycles. The summed E-state index contributed by atoms with van der Waals surface area (Å²) in [4.78, 5) is 0. The number of methoxy groups -OCH3 is 2. The molecule has 1 aromatic carbocycles. The van der Waals surface area contributed by atoms with Crippen LogP contribution in [-0.2, 0) is 26.1 Å². The first-order valence-corrected chi connectivity index (χ1v) is 9.62. The Morgan fingerprint density at radius 1 is 1.04 bits per heavy atom. The lowest BCUT2D eigenvalue weighted by atomic mass is 10.1. The number of nitrogens with zero attached hydrogens (tertiary/aromatic N) is 1. The van der Waals surface area contributed by atoms with Crippen LogP contribution in [0.5, 0.6) is 11.5 Å². The number of quaternary nitrogens is 1. The number of ether oxygens (including phenoxy) is 2. The van der Waals surface area contributed by atoms with Crippen molar-refractivity contribution >= 4 is 10.1 Å². The molecule has 1 rings (SSSR count). The van der Waals surface area contributed by atoms with Crippen LogP contribution in [-0.4, -0.2) is 80.5 Å². The predicted octanol–water partition coefficient (Wildman–Crippen LogP) is 0.985. The maximum Gasteiger partial charge on any atom is 0.265 e. The highest BCUT2D eigenvalue weighted by atomic mass is 32.2. The van der Waals surface area contributed by atoms with Gasteiger partial charge in [-0.3, -0.25) is 4.55 Å². The van der Waals surface area contributed by atoms with Crippen molar-refractivity contribution < 1.29 is 37.1 Å². The summed E-state index contributed by atoms with van der Waals surface area (Å²) in [7, 11) is -0.880. The van der Waals surface area contributed by atoms with Crippen LogP contribution < -0.4 is 0 Å². The molecule has 0 bridgehead atoms. The zero-order valence-corrected chi connectivity index (χ0v) is 15.5. The fourth-order valence-corrected chi connectivity index (χ4v) is 3.29. The second kappa shape index (κ2) is 9.93. The van der Waals surface area contributed by atoms with Crippen LogP contribution in [0.4, 0.5) is 0 Å². The van der Waals surface area contributed by atoms with Crippen molar-refractivity contribution in [3.63, 3.8) is 0 Å². The summed E-state index contributed by atoms with van der Waals surface area (Å²) < 4.78 is 41.8. The van der Waals surface area contributed by atoms with Crippen molar-refractivity contribution in [2.24, 2.45) is 0 Å². The lowest BCUT2D eigenvalue weighted by Crippen LogP contribution is -2.52. The molecule has 0 aliphatic heterocycles. The van der Waals surface area contributed by atoms with Gasteiger partial charge in [0.25, 0.3) is 10.1 Å². The number of para-hydroxylation sites is 1. The van der Waals surface area contributed by atoms with Crippen molar-refractivity contribution in [2.45, 2.75) is 13.0 Å². The van der Waals surface area contributed by atoms with E-state index >= 15 is 0 Å². The lowest BCUT2D eigenvalue weighted by Gasteiger charge is -2.39. The molecule has 0 amide bonds. The number of aromatic hydroxyl groups is 2. The zero-order chi connectivity index (χ0) is 18.9. The second-order valence-corrected chi connectivity index (χ2v) is 7.65. The van der Waals surface area contributed by atoms with Crippen LogP contribution in [0.1, 0.15) is 12.0 Å². The summed E-state index contributed by atoms with van der Waals surface area (Å²) >= 11 is 0. The molecule has 0 radical (unpaired) electrons. The summed E-state index contributed by atoms with van der Waals surface area (Å²) in [6, 6.07) is 4.75. The third kappa shape index (κ3) is 7.57. The Balaban J connectivity index is 3.05. The van der Waals surface area contributed by atoms with E-state index in [1.54, 1.807) is 26.4 Å². The molecule has 9 heteroatoms. The minimum atomic E-state index is -4.04. The third-order valence-corrected chi connectivity index (χ3v) is 4.98. The van der Waals surface area contributed by atoms with Crippen molar-refractivity contribution in [3.05, 3.63) is 23.8 Å². The standard InChI is InChI=1S/C16H27NO7S/c1-23-10-8-17(9-11-24-2,7-4-12-25(20,21)22)13-14-5-3-6-15(18)16(14)19/h3,5-6H,4,7-13H2,1-2H3,(H2-,18,19,20,21,22)/p+1. The number of phenols is 2. The van der Waals surface area contributed by atoms with E-state index in [-0.39, 0.29) is 23.7 Å². The topological polar surface area (TPSA) is 113 Å². The molecule has 0 heterocycles. The van der Waals surface area contributed by atoms with Gasteiger partial charge in [-0.15, -0.1) is 0 Å².